The van der Waals surface area contributed by atoms with Crippen molar-refractivity contribution in [2.75, 3.05) is 14.2 Å². The fourth-order valence-corrected chi connectivity index (χ4v) is 2.17. The van der Waals surface area contributed by atoms with Crippen LogP contribution in [0.3, 0.4) is 0 Å². The number of halogens is 2. The van der Waals surface area contributed by atoms with E-state index in [1.807, 2.05) is 24.3 Å². The Hall–Kier alpha value is -0.920. The van der Waals surface area contributed by atoms with Gasteiger partial charge in [-0.3, -0.25) is 0 Å². The summed E-state index contributed by atoms with van der Waals surface area (Å²) in [7, 11) is 3.24. The second kappa shape index (κ2) is 6.49. The molecular formula is C13H12ClIN2O2. The molecule has 0 amide bonds. The second-order valence-corrected chi connectivity index (χ2v) is 5.20. The van der Waals surface area contributed by atoms with E-state index >= 15 is 0 Å². The highest BCUT2D eigenvalue weighted by Crippen LogP contribution is 2.26. The minimum Gasteiger partial charge on any atom is -0.497 e. The Balaban J connectivity index is 2.49. The first-order chi connectivity index (χ1) is 9.15. The first-order valence-electron chi connectivity index (χ1n) is 5.51. The van der Waals surface area contributed by atoms with E-state index in [9.17, 15) is 0 Å². The normalized spacial score (nSPS) is 10.5. The Labute approximate surface area is 130 Å². The minimum atomic E-state index is 0.400. The average Bonchev–Trinajstić information content (AvgIpc) is 2.44. The highest BCUT2D eigenvalue weighted by Gasteiger charge is 2.12. The quantitative estimate of drug-likeness (QED) is 0.591. The van der Waals surface area contributed by atoms with Gasteiger partial charge >= 0.3 is 0 Å². The van der Waals surface area contributed by atoms with Crippen LogP contribution < -0.4 is 4.74 Å². The largest absolute Gasteiger partial charge is 0.497 e. The molecule has 19 heavy (non-hydrogen) atoms. The van der Waals surface area contributed by atoms with E-state index in [0.717, 1.165) is 20.6 Å². The highest BCUT2D eigenvalue weighted by molar-refractivity contribution is 14.1. The van der Waals surface area contributed by atoms with Gasteiger partial charge in [-0.1, -0.05) is 23.7 Å². The van der Waals surface area contributed by atoms with Crippen molar-refractivity contribution in [2.45, 2.75) is 6.61 Å². The van der Waals surface area contributed by atoms with Gasteiger partial charge in [-0.2, -0.15) is 0 Å². The number of nitrogens with zero attached hydrogens (tertiary/aromatic N) is 2. The summed E-state index contributed by atoms with van der Waals surface area (Å²) in [5.74, 6) is 1.32. The molecule has 0 spiro atoms. The number of aromatic nitrogens is 2. The van der Waals surface area contributed by atoms with Crippen LogP contribution >= 0.6 is 34.2 Å². The van der Waals surface area contributed by atoms with Crippen molar-refractivity contribution >= 4 is 34.2 Å². The SMILES string of the molecule is COCc1nc(-c2cccc(OC)c2)nc(Cl)c1I. The van der Waals surface area contributed by atoms with E-state index < -0.39 is 0 Å². The van der Waals surface area contributed by atoms with Gasteiger partial charge in [0, 0.05) is 12.7 Å². The Morgan fingerprint density at radius 1 is 1.26 bits per heavy atom. The lowest BCUT2D eigenvalue weighted by atomic mass is 10.2. The molecule has 100 valence electrons. The lowest BCUT2D eigenvalue weighted by molar-refractivity contribution is 0.181. The summed E-state index contributed by atoms with van der Waals surface area (Å²) in [6, 6.07) is 7.54. The first-order valence-corrected chi connectivity index (χ1v) is 6.96. The number of hydrogen-bond donors (Lipinski definition) is 0. The van der Waals surface area contributed by atoms with E-state index in [2.05, 4.69) is 32.6 Å². The van der Waals surface area contributed by atoms with Crippen LogP contribution in [0.15, 0.2) is 24.3 Å². The zero-order valence-corrected chi connectivity index (χ0v) is 13.4. The predicted octanol–water partition coefficient (Wildman–Crippen LogP) is 3.56. The molecule has 0 N–H and O–H groups in total. The van der Waals surface area contributed by atoms with Crippen molar-refractivity contribution < 1.29 is 9.47 Å². The summed E-state index contributed by atoms with van der Waals surface area (Å²) in [6.07, 6.45) is 0. The van der Waals surface area contributed by atoms with E-state index in [4.69, 9.17) is 21.1 Å². The molecule has 0 fully saturated rings. The number of methoxy groups -OCH3 is 2. The van der Waals surface area contributed by atoms with Crippen LogP contribution in [-0.4, -0.2) is 24.2 Å². The van der Waals surface area contributed by atoms with Crippen molar-refractivity contribution in [2.24, 2.45) is 0 Å². The second-order valence-electron chi connectivity index (χ2n) is 3.76. The zero-order chi connectivity index (χ0) is 13.8. The van der Waals surface area contributed by atoms with Gasteiger partial charge in [-0.05, 0) is 34.7 Å². The third-order valence-electron chi connectivity index (χ3n) is 2.49. The van der Waals surface area contributed by atoms with Gasteiger partial charge in [0.05, 0.1) is 23.0 Å². The van der Waals surface area contributed by atoms with Crippen LogP contribution in [0, 0.1) is 3.57 Å². The summed E-state index contributed by atoms with van der Waals surface area (Å²) in [5.41, 5.74) is 1.64. The molecule has 6 heteroatoms. The molecule has 0 saturated heterocycles. The molecule has 0 aliphatic rings. The molecule has 2 aromatic rings. The number of ether oxygens (including phenoxy) is 2. The van der Waals surface area contributed by atoms with Crippen LogP contribution in [0.1, 0.15) is 5.69 Å². The minimum absolute atomic E-state index is 0.400. The van der Waals surface area contributed by atoms with E-state index in [1.54, 1.807) is 14.2 Å². The highest BCUT2D eigenvalue weighted by atomic mass is 127. The van der Waals surface area contributed by atoms with Crippen LogP contribution in [0.25, 0.3) is 11.4 Å². The van der Waals surface area contributed by atoms with Crippen molar-refractivity contribution in [3.63, 3.8) is 0 Å². The molecule has 0 saturated carbocycles. The van der Waals surface area contributed by atoms with Gasteiger partial charge in [0.15, 0.2) is 5.82 Å². The Kier molecular flexibility index (Phi) is 4.95. The van der Waals surface area contributed by atoms with E-state index in [-0.39, 0.29) is 0 Å². The summed E-state index contributed by atoms with van der Waals surface area (Å²) in [6.45, 7) is 0.400. The van der Waals surface area contributed by atoms with Crippen molar-refractivity contribution in [1.29, 1.82) is 0 Å². The molecule has 0 unspecified atom stereocenters. The lowest BCUT2D eigenvalue weighted by Crippen LogP contribution is -2.02. The predicted molar refractivity (Wildman–Crippen MR) is 82.5 cm³/mol. The fraction of sp³-hybridized carbons (Fsp3) is 0.231. The molecule has 0 aliphatic carbocycles. The van der Waals surface area contributed by atoms with Gasteiger partial charge in [-0.15, -0.1) is 0 Å². The molecule has 0 bridgehead atoms. The molecule has 2 rings (SSSR count). The van der Waals surface area contributed by atoms with Gasteiger partial charge in [-0.25, -0.2) is 9.97 Å². The molecule has 1 aromatic heterocycles. The monoisotopic (exact) mass is 390 g/mol. The Bertz CT molecular complexity index is 593. The molecule has 1 aromatic carbocycles. The molecule has 0 radical (unpaired) electrons. The zero-order valence-electron chi connectivity index (χ0n) is 10.5. The third kappa shape index (κ3) is 3.34. The summed E-state index contributed by atoms with van der Waals surface area (Å²) < 4.78 is 11.1. The lowest BCUT2D eigenvalue weighted by Gasteiger charge is -2.08. The molecule has 0 atom stereocenters. The molecule has 1 heterocycles. The molecule has 4 nitrogen and oxygen atoms in total. The van der Waals surface area contributed by atoms with Crippen LogP contribution in [0.4, 0.5) is 0 Å². The maximum Gasteiger partial charge on any atom is 0.161 e. The summed E-state index contributed by atoms with van der Waals surface area (Å²) in [4.78, 5) is 8.78. The number of hydrogen-bond acceptors (Lipinski definition) is 4. The Morgan fingerprint density at radius 3 is 2.74 bits per heavy atom. The van der Waals surface area contributed by atoms with Crippen LogP contribution in [-0.2, 0) is 11.3 Å². The number of rotatable bonds is 4. The third-order valence-corrected chi connectivity index (χ3v) is 4.21. The van der Waals surface area contributed by atoms with Gasteiger partial charge in [0.2, 0.25) is 0 Å². The van der Waals surface area contributed by atoms with Crippen molar-refractivity contribution in [3.05, 3.63) is 38.7 Å². The average molecular weight is 391 g/mol. The Morgan fingerprint density at radius 2 is 2.05 bits per heavy atom. The summed E-state index contributed by atoms with van der Waals surface area (Å²) in [5, 5.41) is 0.431. The molecular weight excluding hydrogens is 379 g/mol. The van der Waals surface area contributed by atoms with Gasteiger partial charge in [0.25, 0.3) is 0 Å². The van der Waals surface area contributed by atoms with Gasteiger partial charge in [0.1, 0.15) is 10.9 Å². The summed E-state index contributed by atoms with van der Waals surface area (Å²) >= 11 is 8.25. The van der Waals surface area contributed by atoms with Crippen molar-refractivity contribution in [1.82, 2.24) is 9.97 Å². The maximum absolute atomic E-state index is 6.13. The van der Waals surface area contributed by atoms with Gasteiger partial charge < -0.3 is 9.47 Å². The number of benzene rings is 1. The molecule has 0 aliphatic heterocycles. The topological polar surface area (TPSA) is 44.2 Å². The fourth-order valence-electron chi connectivity index (χ4n) is 1.59. The van der Waals surface area contributed by atoms with Crippen LogP contribution in [0.5, 0.6) is 5.75 Å². The van der Waals surface area contributed by atoms with Crippen LogP contribution in [0.2, 0.25) is 5.15 Å². The standard InChI is InChI=1S/C13H12ClIN2O2/c1-18-7-10-11(15)12(14)17-13(16-10)8-4-3-5-9(6-8)19-2/h3-6H,7H2,1-2H3. The smallest absolute Gasteiger partial charge is 0.161 e. The van der Waals surface area contributed by atoms with E-state index in [1.165, 1.54) is 0 Å². The van der Waals surface area contributed by atoms with E-state index in [0.29, 0.717) is 17.6 Å². The maximum atomic E-state index is 6.13. The van der Waals surface area contributed by atoms with Crippen molar-refractivity contribution in [3.8, 4) is 17.1 Å². The first kappa shape index (κ1) is 14.5.